The van der Waals surface area contributed by atoms with Gasteiger partial charge in [-0.3, -0.25) is 9.79 Å². The van der Waals surface area contributed by atoms with Crippen LogP contribution in [0.4, 0.5) is 4.39 Å². The van der Waals surface area contributed by atoms with Crippen LogP contribution in [0.1, 0.15) is 5.56 Å². The molecule has 0 fully saturated rings. The van der Waals surface area contributed by atoms with Crippen molar-refractivity contribution in [2.75, 3.05) is 13.7 Å². The minimum atomic E-state index is -0.400. The molecule has 74 valence electrons. The van der Waals surface area contributed by atoms with Crippen LogP contribution in [0, 0.1) is 5.82 Å². The molecule has 1 aromatic carbocycles. The van der Waals surface area contributed by atoms with Gasteiger partial charge in [-0.05, 0) is 17.7 Å². The minimum Gasteiger partial charge on any atom is -0.468 e. The molecule has 0 saturated carbocycles. The lowest BCUT2D eigenvalue weighted by Crippen LogP contribution is -2.04. The zero-order chi connectivity index (χ0) is 10.4. The van der Waals surface area contributed by atoms with E-state index in [1.807, 2.05) is 0 Å². The molecule has 0 spiro atoms. The van der Waals surface area contributed by atoms with Crippen molar-refractivity contribution in [3.63, 3.8) is 0 Å². The fourth-order valence-corrected chi connectivity index (χ4v) is 0.839. The van der Waals surface area contributed by atoms with Crippen molar-refractivity contribution in [2.45, 2.75) is 0 Å². The fraction of sp³-hybridized carbons (Fsp3) is 0.200. The molecule has 4 heteroatoms. The van der Waals surface area contributed by atoms with Gasteiger partial charge in [0.1, 0.15) is 12.4 Å². The van der Waals surface area contributed by atoms with Gasteiger partial charge < -0.3 is 4.74 Å². The number of ether oxygens (including phenoxy) is 1. The normalized spacial score (nSPS) is 10.4. The highest BCUT2D eigenvalue weighted by Crippen LogP contribution is 1.99. The van der Waals surface area contributed by atoms with Crippen molar-refractivity contribution in [3.8, 4) is 0 Å². The van der Waals surface area contributed by atoms with Crippen LogP contribution in [0.5, 0.6) is 0 Å². The predicted molar refractivity (Wildman–Crippen MR) is 50.9 cm³/mol. The summed E-state index contributed by atoms with van der Waals surface area (Å²) in [5, 5.41) is 0. The highest BCUT2D eigenvalue weighted by Gasteiger charge is 1.95. The van der Waals surface area contributed by atoms with Gasteiger partial charge in [-0.25, -0.2) is 4.39 Å². The van der Waals surface area contributed by atoms with Gasteiger partial charge in [-0.2, -0.15) is 0 Å². The Balaban J connectivity index is 2.52. The second-order valence-corrected chi connectivity index (χ2v) is 2.60. The van der Waals surface area contributed by atoms with Gasteiger partial charge in [0.2, 0.25) is 0 Å². The van der Waals surface area contributed by atoms with Crippen LogP contribution in [0.25, 0.3) is 0 Å². The van der Waals surface area contributed by atoms with Gasteiger partial charge >= 0.3 is 5.97 Å². The van der Waals surface area contributed by atoms with Gasteiger partial charge in [-0.15, -0.1) is 0 Å². The van der Waals surface area contributed by atoms with Crippen molar-refractivity contribution in [1.29, 1.82) is 0 Å². The van der Waals surface area contributed by atoms with Crippen LogP contribution in [-0.2, 0) is 9.53 Å². The maximum absolute atomic E-state index is 12.5. The third-order valence-electron chi connectivity index (χ3n) is 1.56. The number of methoxy groups -OCH3 is 1. The number of nitrogens with zero attached hydrogens (tertiary/aromatic N) is 1. The highest BCUT2D eigenvalue weighted by molar-refractivity contribution is 5.82. The third kappa shape index (κ3) is 3.35. The number of carbonyl (C=O) groups excluding carboxylic acids is 1. The van der Waals surface area contributed by atoms with E-state index in [2.05, 4.69) is 9.73 Å². The molecule has 1 rings (SSSR count). The Kier molecular flexibility index (Phi) is 3.79. The standard InChI is InChI=1S/C10H10FNO2/c1-14-10(13)7-12-6-8-2-4-9(11)5-3-8/h2-6H,7H2,1H3. The van der Waals surface area contributed by atoms with Crippen molar-refractivity contribution < 1.29 is 13.9 Å². The second-order valence-electron chi connectivity index (χ2n) is 2.60. The first-order valence-corrected chi connectivity index (χ1v) is 4.04. The van der Waals surface area contributed by atoms with E-state index in [-0.39, 0.29) is 12.4 Å². The first-order chi connectivity index (χ1) is 6.72. The molecule has 0 N–H and O–H groups in total. The van der Waals surface area contributed by atoms with E-state index < -0.39 is 5.97 Å². The molecule has 1 aromatic rings. The fourth-order valence-electron chi connectivity index (χ4n) is 0.839. The van der Waals surface area contributed by atoms with Gasteiger partial charge in [-0.1, -0.05) is 12.1 Å². The summed E-state index contributed by atoms with van der Waals surface area (Å²) in [6.07, 6.45) is 1.50. The number of hydrogen-bond acceptors (Lipinski definition) is 3. The van der Waals surface area contributed by atoms with Crippen molar-refractivity contribution in [2.24, 2.45) is 4.99 Å². The number of benzene rings is 1. The SMILES string of the molecule is COC(=O)CN=Cc1ccc(F)cc1. The number of aliphatic imine (C=N–C) groups is 1. The Morgan fingerprint density at radius 3 is 2.71 bits per heavy atom. The summed E-state index contributed by atoms with van der Waals surface area (Å²) in [6, 6.07) is 5.82. The molecule has 0 aliphatic carbocycles. The molecule has 0 amide bonds. The number of rotatable bonds is 3. The molecule has 0 aromatic heterocycles. The smallest absolute Gasteiger partial charge is 0.327 e. The zero-order valence-electron chi connectivity index (χ0n) is 7.74. The average molecular weight is 195 g/mol. The second kappa shape index (κ2) is 5.11. The number of hydrogen-bond donors (Lipinski definition) is 0. The summed E-state index contributed by atoms with van der Waals surface area (Å²) in [5.74, 6) is -0.696. The number of halogens is 1. The van der Waals surface area contributed by atoms with Crippen LogP contribution in [-0.4, -0.2) is 25.8 Å². The van der Waals surface area contributed by atoms with E-state index >= 15 is 0 Å². The molecule has 0 atom stereocenters. The first kappa shape index (κ1) is 10.4. The largest absolute Gasteiger partial charge is 0.468 e. The molecule has 0 aliphatic heterocycles. The van der Waals surface area contributed by atoms with E-state index in [1.54, 1.807) is 12.1 Å². The summed E-state index contributed by atoms with van der Waals surface area (Å²) in [4.78, 5) is 14.5. The molecule has 0 radical (unpaired) electrons. The molecule has 0 unspecified atom stereocenters. The van der Waals surface area contributed by atoms with Crippen LogP contribution in [0.15, 0.2) is 29.3 Å². The number of carbonyl (C=O) groups is 1. The molecular formula is C10H10FNO2. The monoisotopic (exact) mass is 195 g/mol. The molecule has 0 bridgehead atoms. The van der Waals surface area contributed by atoms with Crippen molar-refractivity contribution in [1.82, 2.24) is 0 Å². The molecule has 0 aliphatic rings. The molecule has 0 saturated heterocycles. The van der Waals surface area contributed by atoms with Gasteiger partial charge in [0.15, 0.2) is 0 Å². The summed E-state index contributed by atoms with van der Waals surface area (Å²) < 4.78 is 16.9. The maximum Gasteiger partial charge on any atom is 0.327 e. The lowest BCUT2D eigenvalue weighted by Gasteiger charge is -1.93. The maximum atomic E-state index is 12.5. The lowest BCUT2D eigenvalue weighted by atomic mass is 10.2. The average Bonchev–Trinajstić information content (AvgIpc) is 2.21. The Morgan fingerprint density at radius 1 is 1.50 bits per heavy atom. The van der Waals surface area contributed by atoms with E-state index in [0.29, 0.717) is 0 Å². The summed E-state index contributed by atoms with van der Waals surface area (Å²) in [5.41, 5.74) is 0.746. The van der Waals surface area contributed by atoms with Crippen LogP contribution < -0.4 is 0 Å². The van der Waals surface area contributed by atoms with E-state index in [0.717, 1.165) is 5.56 Å². The van der Waals surface area contributed by atoms with Crippen LogP contribution >= 0.6 is 0 Å². The Bertz CT molecular complexity index is 332. The third-order valence-corrected chi connectivity index (χ3v) is 1.56. The Morgan fingerprint density at radius 2 is 2.14 bits per heavy atom. The van der Waals surface area contributed by atoms with Gasteiger partial charge in [0.05, 0.1) is 7.11 Å². The lowest BCUT2D eigenvalue weighted by molar-refractivity contribution is -0.138. The van der Waals surface area contributed by atoms with Crippen LogP contribution in [0.3, 0.4) is 0 Å². The summed E-state index contributed by atoms with van der Waals surface area (Å²) >= 11 is 0. The van der Waals surface area contributed by atoms with Crippen LogP contribution in [0.2, 0.25) is 0 Å². The highest BCUT2D eigenvalue weighted by atomic mass is 19.1. The van der Waals surface area contributed by atoms with Crippen molar-refractivity contribution >= 4 is 12.2 Å². The quantitative estimate of drug-likeness (QED) is 0.540. The Hall–Kier alpha value is -1.71. The molecule has 14 heavy (non-hydrogen) atoms. The number of esters is 1. The predicted octanol–water partition coefficient (Wildman–Crippen LogP) is 1.42. The summed E-state index contributed by atoms with van der Waals surface area (Å²) in [7, 11) is 1.30. The minimum absolute atomic E-state index is 0.0200. The van der Waals surface area contributed by atoms with Gasteiger partial charge in [0.25, 0.3) is 0 Å². The van der Waals surface area contributed by atoms with E-state index in [4.69, 9.17) is 0 Å². The topological polar surface area (TPSA) is 38.7 Å². The molecule has 0 heterocycles. The zero-order valence-corrected chi connectivity index (χ0v) is 7.74. The first-order valence-electron chi connectivity index (χ1n) is 4.04. The summed E-state index contributed by atoms with van der Waals surface area (Å²) in [6.45, 7) is -0.0200. The van der Waals surface area contributed by atoms with E-state index in [9.17, 15) is 9.18 Å². The Labute approximate surface area is 81.2 Å². The molecular weight excluding hydrogens is 185 g/mol. The molecule has 3 nitrogen and oxygen atoms in total. The van der Waals surface area contributed by atoms with E-state index in [1.165, 1.54) is 25.5 Å². The van der Waals surface area contributed by atoms with Gasteiger partial charge in [0, 0.05) is 6.21 Å². The van der Waals surface area contributed by atoms with Crippen molar-refractivity contribution in [3.05, 3.63) is 35.6 Å².